The van der Waals surface area contributed by atoms with Crippen LogP contribution < -0.4 is 0 Å². The Labute approximate surface area is 146 Å². The van der Waals surface area contributed by atoms with Crippen LogP contribution in [0.1, 0.15) is 88.4 Å². The molecule has 0 aliphatic carbocycles. The Hall–Kier alpha value is -1.64. The number of hydrogen-bond donors (Lipinski definition) is 0. The van der Waals surface area contributed by atoms with Crippen LogP contribution in [0.25, 0.3) is 0 Å². The van der Waals surface area contributed by atoms with Crippen LogP contribution in [0.5, 0.6) is 0 Å². The maximum absolute atomic E-state index is 12.1. The number of carbonyl (C=O) groups excluding carboxylic acids is 2. The van der Waals surface area contributed by atoms with Crippen molar-refractivity contribution in [2.75, 3.05) is 0 Å². The third kappa shape index (κ3) is 9.49. The SMILES string of the molecule is CCCCCCCCCC[C@H](CC(C)=O)OC(=O)c1ccccc1. The van der Waals surface area contributed by atoms with Gasteiger partial charge < -0.3 is 4.74 Å². The van der Waals surface area contributed by atoms with Crippen molar-refractivity contribution in [1.29, 1.82) is 0 Å². The highest BCUT2D eigenvalue weighted by Gasteiger charge is 2.17. The third-order valence-electron chi connectivity index (χ3n) is 4.18. The zero-order chi connectivity index (χ0) is 17.6. The first kappa shape index (κ1) is 20.4. The Morgan fingerprint density at radius 1 is 0.917 bits per heavy atom. The van der Waals surface area contributed by atoms with E-state index < -0.39 is 0 Å². The highest BCUT2D eigenvalue weighted by Crippen LogP contribution is 2.15. The van der Waals surface area contributed by atoms with Crippen LogP contribution in [-0.4, -0.2) is 17.9 Å². The lowest BCUT2D eigenvalue weighted by Crippen LogP contribution is -2.21. The van der Waals surface area contributed by atoms with Gasteiger partial charge in [0, 0.05) is 6.42 Å². The van der Waals surface area contributed by atoms with Crippen LogP contribution in [0.15, 0.2) is 30.3 Å². The molecule has 0 saturated carbocycles. The van der Waals surface area contributed by atoms with Crippen molar-refractivity contribution in [3.8, 4) is 0 Å². The van der Waals surface area contributed by atoms with E-state index in [0.29, 0.717) is 12.0 Å². The Balaban J connectivity index is 2.29. The topological polar surface area (TPSA) is 43.4 Å². The third-order valence-corrected chi connectivity index (χ3v) is 4.18. The number of Topliss-reactive ketones (excluding diaryl/α,β-unsaturated/α-hetero) is 1. The van der Waals surface area contributed by atoms with Gasteiger partial charge in [0.25, 0.3) is 0 Å². The van der Waals surface area contributed by atoms with Gasteiger partial charge in [-0.05, 0) is 31.9 Å². The summed E-state index contributed by atoms with van der Waals surface area (Å²) in [5.41, 5.74) is 0.543. The summed E-state index contributed by atoms with van der Waals surface area (Å²) < 4.78 is 5.55. The minimum atomic E-state index is -0.332. The molecule has 1 rings (SSSR count). The van der Waals surface area contributed by atoms with Gasteiger partial charge in [0.15, 0.2) is 0 Å². The van der Waals surface area contributed by atoms with Crippen molar-refractivity contribution < 1.29 is 14.3 Å². The maximum Gasteiger partial charge on any atom is 0.338 e. The summed E-state index contributed by atoms with van der Waals surface area (Å²) in [7, 11) is 0. The summed E-state index contributed by atoms with van der Waals surface area (Å²) in [6.07, 6.45) is 10.7. The molecule has 0 heterocycles. The molecule has 0 fully saturated rings. The average Bonchev–Trinajstić information content (AvgIpc) is 2.57. The Kier molecular flexibility index (Phi) is 10.8. The Morgan fingerprint density at radius 2 is 1.50 bits per heavy atom. The van der Waals surface area contributed by atoms with Crippen LogP contribution in [0.2, 0.25) is 0 Å². The molecule has 0 aliphatic heterocycles. The number of hydrogen-bond acceptors (Lipinski definition) is 3. The quantitative estimate of drug-likeness (QED) is 0.342. The first-order chi connectivity index (χ1) is 11.6. The van der Waals surface area contributed by atoms with E-state index in [1.165, 1.54) is 38.5 Å². The van der Waals surface area contributed by atoms with E-state index in [4.69, 9.17) is 4.74 Å². The summed E-state index contributed by atoms with van der Waals surface area (Å²) in [4.78, 5) is 23.6. The van der Waals surface area contributed by atoms with Gasteiger partial charge in [0.1, 0.15) is 11.9 Å². The number of benzene rings is 1. The summed E-state index contributed by atoms with van der Waals surface area (Å²) in [5, 5.41) is 0. The van der Waals surface area contributed by atoms with Crippen LogP contribution in [-0.2, 0) is 9.53 Å². The lowest BCUT2D eigenvalue weighted by atomic mass is 10.0. The molecule has 134 valence electrons. The number of esters is 1. The minimum Gasteiger partial charge on any atom is -0.458 e. The highest BCUT2D eigenvalue weighted by atomic mass is 16.5. The van der Waals surface area contributed by atoms with Crippen molar-refractivity contribution >= 4 is 11.8 Å². The standard InChI is InChI=1S/C21H32O3/c1-3-4-5-6-7-8-9-13-16-20(17-18(2)22)24-21(23)19-14-11-10-12-15-19/h10-12,14-15,20H,3-9,13,16-17H2,1-2H3/t20-/m1/s1. The molecule has 1 aromatic carbocycles. The fourth-order valence-electron chi connectivity index (χ4n) is 2.82. The van der Waals surface area contributed by atoms with Gasteiger partial charge in [-0.1, -0.05) is 70.1 Å². The van der Waals surface area contributed by atoms with Crippen LogP contribution in [0.3, 0.4) is 0 Å². The molecule has 3 nitrogen and oxygen atoms in total. The predicted octanol–water partition coefficient (Wildman–Crippen LogP) is 5.72. The highest BCUT2D eigenvalue weighted by molar-refractivity contribution is 5.89. The fraction of sp³-hybridized carbons (Fsp3) is 0.619. The molecule has 3 heteroatoms. The number of ether oxygens (including phenoxy) is 1. The second-order valence-corrected chi connectivity index (χ2v) is 6.56. The van der Waals surface area contributed by atoms with Crippen LogP contribution >= 0.6 is 0 Å². The van der Waals surface area contributed by atoms with Crippen LogP contribution in [0, 0.1) is 0 Å². The summed E-state index contributed by atoms with van der Waals surface area (Å²) in [5.74, 6) is -0.262. The molecule has 1 aromatic rings. The van der Waals surface area contributed by atoms with Crippen molar-refractivity contribution in [1.82, 2.24) is 0 Å². The van der Waals surface area contributed by atoms with Gasteiger partial charge >= 0.3 is 5.97 Å². The van der Waals surface area contributed by atoms with Gasteiger partial charge in [0.2, 0.25) is 0 Å². The van der Waals surface area contributed by atoms with Gasteiger partial charge in [-0.3, -0.25) is 4.79 Å². The van der Waals surface area contributed by atoms with Gasteiger partial charge in [-0.25, -0.2) is 4.79 Å². The second-order valence-electron chi connectivity index (χ2n) is 6.56. The summed E-state index contributed by atoms with van der Waals surface area (Å²) in [6, 6.07) is 8.97. The number of unbranched alkanes of at least 4 members (excludes halogenated alkanes) is 7. The predicted molar refractivity (Wildman–Crippen MR) is 98.2 cm³/mol. The monoisotopic (exact) mass is 332 g/mol. The first-order valence-corrected chi connectivity index (χ1v) is 9.39. The van der Waals surface area contributed by atoms with E-state index in [1.54, 1.807) is 19.1 Å². The van der Waals surface area contributed by atoms with Crippen molar-refractivity contribution in [2.45, 2.75) is 84.2 Å². The molecular formula is C21H32O3. The van der Waals surface area contributed by atoms with Crippen molar-refractivity contribution in [3.63, 3.8) is 0 Å². The van der Waals surface area contributed by atoms with Crippen molar-refractivity contribution in [2.24, 2.45) is 0 Å². The second kappa shape index (κ2) is 12.7. The number of rotatable bonds is 13. The fourth-order valence-corrected chi connectivity index (χ4v) is 2.82. The average molecular weight is 332 g/mol. The molecule has 0 N–H and O–H groups in total. The van der Waals surface area contributed by atoms with E-state index in [2.05, 4.69) is 6.92 Å². The van der Waals surface area contributed by atoms with Gasteiger partial charge in [0.05, 0.1) is 5.56 Å². The van der Waals surface area contributed by atoms with E-state index in [9.17, 15) is 9.59 Å². The smallest absolute Gasteiger partial charge is 0.338 e. The maximum atomic E-state index is 12.1. The molecular weight excluding hydrogens is 300 g/mol. The van der Waals surface area contributed by atoms with E-state index >= 15 is 0 Å². The lowest BCUT2D eigenvalue weighted by Gasteiger charge is -2.17. The number of carbonyl (C=O) groups is 2. The molecule has 0 aromatic heterocycles. The van der Waals surface area contributed by atoms with Gasteiger partial charge in [-0.2, -0.15) is 0 Å². The molecule has 0 radical (unpaired) electrons. The Morgan fingerprint density at radius 3 is 2.08 bits per heavy atom. The zero-order valence-corrected chi connectivity index (χ0v) is 15.3. The molecule has 0 aliphatic rings. The lowest BCUT2D eigenvalue weighted by molar-refractivity contribution is -0.119. The molecule has 0 bridgehead atoms. The van der Waals surface area contributed by atoms with Crippen molar-refractivity contribution in [3.05, 3.63) is 35.9 Å². The van der Waals surface area contributed by atoms with E-state index in [0.717, 1.165) is 19.3 Å². The van der Waals surface area contributed by atoms with E-state index in [1.807, 2.05) is 18.2 Å². The number of ketones is 1. The summed E-state index contributed by atoms with van der Waals surface area (Å²) >= 11 is 0. The zero-order valence-electron chi connectivity index (χ0n) is 15.3. The summed E-state index contributed by atoms with van der Waals surface area (Å²) in [6.45, 7) is 3.78. The van der Waals surface area contributed by atoms with Crippen LogP contribution in [0.4, 0.5) is 0 Å². The first-order valence-electron chi connectivity index (χ1n) is 9.39. The molecule has 0 amide bonds. The molecule has 0 unspecified atom stereocenters. The van der Waals surface area contributed by atoms with E-state index in [-0.39, 0.29) is 17.9 Å². The largest absolute Gasteiger partial charge is 0.458 e. The minimum absolute atomic E-state index is 0.0698. The molecule has 24 heavy (non-hydrogen) atoms. The molecule has 0 spiro atoms. The van der Waals surface area contributed by atoms with Gasteiger partial charge in [-0.15, -0.1) is 0 Å². The molecule has 0 saturated heterocycles. The normalized spacial score (nSPS) is 11.9. The Bertz CT molecular complexity index is 467. The molecule has 1 atom stereocenters.